The molecule has 23 heavy (non-hydrogen) atoms. The second-order valence-electron chi connectivity index (χ2n) is 5.31. The zero-order valence-corrected chi connectivity index (χ0v) is 12.6. The van der Waals surface area contributed by atoms with Gasteiger partial charge in [0.1, 0.15) is 11.7 Å². The number of nitrogens with one attached hydrogen (secondary N) is 1. The van der Waals surface area contributed by atoms with Crippen LogP contribution >= 0.6 is 0 Å². The summed E-state index contributed by atoms with van der Waals surface area (Å²) in [6.07, 6.45) is 0.156. The third-order valence-corrected chi connectivity index (χ3v) is 3.69. The standard InChI is InChI=1S/C17H19FN4O/c18-13-8-4-9-14-16(13)17(23)22(15(20-14)10-5-11-19)21-12-6-2-1-3-7-12/h1-4,6-9,17,21,23H,5,10-11,19H2/t17-/m0/s1. The Morgan fingerprint density at radius 1 is 1.17 bits per heavy atom. The van der Waals surface area contributed by atoms with Crippen molar-refractivity contribution in [3.8, 4) is 0 Å². The normalized spacial score (nSPS) is 16.7. The predicted octanol–water partition coefficient (Wildman–Crippen LogP) is 2.93. The van der Waals surface area contributed by atoms with Crippen molar-refractivity contribution in [2.45, 2.75) is 19.1 Å². The van der Waals surface area contributed by atoms with Crippen LogP contribution in [0.3, 0.4) is 0 Å². The Labute approximate surface area is 134 Å². The van der Waals surface area contributed by atoms with E-state index in [9.17, 15) is 9.50 Å². The van der Waals surface area contributed by atoms with Gasteiger partial charge in [-0.3, -0.25) is 5.43 Å². The number of hydrogen-bond acceptors (Lipinski definition) is 5. The lowest BCUT2D eigenvalue weighted by Crippen LogP contribution is -2.42. The first kappa shape index (κ1) is 15.5. The molecule has 4 N–H and O–H groups in total. The molecule has 1 aliphatic rings. The van der Waals surface area contributed by atoms with Gasteiger partial charge in [0, 0.05) is 6.42 Å². The van der Waals surface area contributed by atoms with Crippen LogP contribution in [0.2, 0.25) is 0 Å². The number of nitrogens with zero attached hydrogens (tertiary/aromatic N) is 2. The molecule has 2 aromatic carbocycles. The number of amidine groups is 1. The molecule has 0 saturated carbocycles. The Morgan fingerprint density at radius 3 is 2.70 bits per heavy atom. The fourth-order valence-electron chi connectivity index (χ4n) is 2.56. The Kier molecular flexibility index (Phi) is 4.55. The van der Waals surface area contributed by atoms with E-state index in [1.54, 1.807) is 12.1 Å². The number of fused-ring (bicyclic) bond motifs is 1. The van der Waals surface area contributed by atoms with E-state index in [0.717, 1.165) is 12.1 Å². The number of hydrogen-bond donors (Lipinski definition) is 3. The summed E-state index contributed by atoms with van der Waals surface area (Å²) in [5, 5.41) is 12.1. The fourth-order valence-corrected chi connectivity index (χ4v) is 2.56. The van der Waals surface area contributed by atoms with E-state index in [-0.39, 0.29) is 5.56 Å². The molecule has 0 radical (unpaired) electrons. The largest absolute Gasteiger partial charge is 0.368 e. The van der Waals surface area contributed by atoms with Crippen molar-refractivity contribution in [3.63, 3.8) is 0 Å². The van der Waals surface area contributed by atoms with Gasteiger partial charge in [-0.25, -0.2) is 14.4 Å². The molecule has 2 aromatic rings. The number of aliphatic hydroxyl groups is 1. The van der Waals surface area contributed by atoms with Gasteiger partial charge in [-0.05, 0) is 37.2 Å². The number of halogens is 1. The molecular weight excluding hydrogens is 295 g/mol. The molecule has 1 aliphatic heterocycles. The molecule has 0 saturated heterocycles. The maximum Gasteiger partial charge on any atom is 0.177 e. The molecule has 0 amide bonds. The molecule has 0 aliphatic carbocycles. The average Bonchev–Trinajstić information content (AvgIpc) is 2.56. The Balaban J connectivity index is 1.97. The number of benzene rings is 2. The van der Waals surface area contributed by atoms with E-state index in [1.165, 1.54) is 11.1 Å². The predicted molar refractivity (Wildman–Crippen MR) is 88.6 cm³/mol. The number of nitrogens with two attached hydrogens (primary N) is 1. The van der Waals surface area contributed by atoms with Gasteiger partial charge in [0.15, 0.2) is 6.23 Å². The molecule has 1 atom stereocenters. The Hall–Kier alpha value is -2.44. The van der Waals surface area contributed by atoms with E-state index >= 15 is 0 Å². The van der Waals surface area contributed by atoms with Crippen LogP contribution in [0.1, 0.15) is 24.6 Å². The van der Waals surface area contributed by atoms with Gasteiger partial charge in [0.25, 0.3) is 0 Å². The number of aliphatic hydroxyl groups excluding tert-OH is 1. The summed E-state index contributed by atoms with van der Waals surface area (Å²) >= 11 is 0. The van der Waals surface area contributed by atoms with E-state index in [0.29, 0.717) is 24.5 Å². The highest BCUT2D eigenvalue weighted by Crippen LogP contribution is 2.36. The minimum absolute atomic E-state index is 0.174. The van der Waals surface area contributed by atoms with E-state index in [4.69, 9.17) is 5.73 Å². The topological polar surface area (TPSA) is 73.9 Å². The van der Waals surface area contributed by atoms with Crippen molar-refractivity contribution in [1.29, 1.82) is 0 Å². The number of hydrazine groups is 1. The van der Waals surface area contributed by atoms with Gasteiger partial charge in [0.05, 0.1) is 16.9 Å². The number of rotatable bonds is 5. The highest BCUT2D eigenvalue weighted by Gasteiger charge is 2.30. The van der Waals surface area contributed by atoms with Gasteiger partial charge < -0.3 is 10.8 Å². The highest BCUT2D eigenvalue weighted by atomic mass is 19.1. The van der Waals surface area contributed by atoms with Crippen molar-refractivity contribution in [2.24, 2.45) is 10.7 Å². The molecule has 0 bridgehead atoms. The molecule has 6 heteroatoms. The molecule has 3 rings (SSSR count). The van der Waals surface area contributed by atoms with Crippen molar-refractivity contribution >= 4 is 17.2 Å². The zero-order chi connectivity index (χ0) is 16.2. The first-order chi connectivity index (χ1) is 11.2. The summed E-state index contributed by atoms with van der Waals surface area (Å²) in [4.78, 5) is 4.50. The number of anilines is 1. The fraction of sp³-hybridized carbons (Fsp3) is 0.235. The van der Waals surface area contributed by atoms with Crippen molar-refractivity contribution in [3.05, 3.63) is 59.9 Å². The number of aliphatic imine (C=N–C) groups is 1. The Morgan fingerprint density at radius 2 is 1.96 bits per heavy atom. The molecule has 0 unspecified atom stereocenters. The second-order valence-corrected chi connectivity index (χ2v) is 5.31. The number of para-hydroxylation sites is 1. The van der Waals surface area contributed by atoms with Gasteiger partial charge >= 0.3 is 0 Å². The summed E-state index contributed by atoms with van der Waals surface area (Å²) in [6, 6.07) is 14.0. The maximum atomic E-state index is 14.1. The second kappa shape index (κ2) is 6.76. The summed E-state index contributed by atoms with van der Waals surface area (Å²) < 4.78 is 14.1. The van der Waals surface area contributed by atoms with Crippen LogP contribution in [0.5, 0.6) is 0 Å². The van der Waals surface area contributed by atoms with Crippen LogP contribution in [0.15, 0.2) is 53.5 Å². The molecule has 0 aromatic heterocycles. The smallest absolute Gasteiger partial charge is 0.177 e. The van der Waals surface area contributed by atoms with Gasteiger partial charge in [0.2, 0.25) is 0 Å². The minimum Gasteiger partial charge on any atom is -0.368 e. The lowest BCUT2D eigenvalue weighted by atomic mass is 10.1. The van der Waals surface area contributed by atoms with Gasteiger partial charge in [-0.15, -0.1) is 0 Å². The van der Waals surface area contributed by atoms with Crippen molar-refractivity contribution < 1.29 is 9.50 Å². The average molecular weight is 314 g/mol. The van der Waals surface area contributed by atoms with Crippen LogP contribution < -0.4 is 11.2 Å². The summed E-state index contributed by atoms with van der Waals surface area (Å²) in [5.41, 5.74) is 10.1. The first-order valence-corrected chi connectivity index (χ1v) is 7.55. The van der Waals surface area contributed by atoms with Crippen LogP contribution in [0, 0.1) is 5.82 Å². The highest BCUT2D eigenvalue weighted by molar-refractivity contribution is 5.88. The first-order valence-electron chi connectivity index (χ1n) is 7.55. The molecular formula is C17H19FN4O. The summed E-state index contributed by atoms with van der Waals surface area (Å²) in [6.45, 7) is 0.518. The van der Waals surface area contributed by atoms with Gasteiger partial charge in [-0.1, -0.05) is 24.3 Å². The lowest BCUT2D eigenvalue weighted by Gasteiger charge is -2.35. The van der Waals surface area contributed by atoms with Crippen LogP contribution in [0.4, 0.5) is 15.8 Å². The van der Waals surface area contributed by atoms with E-state index in [2.05, 4.69) is 10.4 Å². The van der Waals surface area contributed by atoms with Crippen molar-refractivity contribution in [1.82, 2.24) is 5.01 Å². The monoisotopic (exact) mass is 314 g/mol. The van der Waals surface area contributed by atoms with Crippen LogP contribution in [0.25, 0.3) is 0 Å². The van der Waals surface area contributed by atoms with E-state index in [1.807, 2.05) is 30.3 Å². The molecule has 120 valence electrons. The molecule has 5 nitrogen and oxygen atoms in total. The zero-order valence-electron chi connectivity index (χ0n) is 12.6. The van der Waals surface area contributed by atoms with Crippen LogP contribution in [-0.4, -0.2) is 22.5 Å². The molecule has 0 spiro atoms. The lowest BCUT2D eigenvalue weighted by molar-refractivity contribution is 0.0613. The van der Waals surface area contributed by atoms with Crippen LogP contribution in [-0.2, 0) is 0 Å². The van der Waals surface area contributed by atoms with Crippen molar-refractivity contribution in [2.75, 3.05) is 12.0 Å². The molecule has 0 fully saturated rings. The SMILES string of the molecule is NCCCC1=Nc2cccc(F)c2[C@H](O)N1Nc1ccccc1. The van der Waals surface area contributed by atoms with Gasteiger partial charge in [-0.2, -0.15) is 0 Å². The maximum absolute atomic E-state index is 14.1. The molecule has 1 heterocycles. The Bertz CT molecular complexity index is 705. The quantitative estimate of drug-likeness (QED) is 0.793. The third kappa shape index (κ3) is 3.18. The van der Waals surface area contributed by atoms with E-state index < -0.39 is 12.0 Å². The third-order valence-electron chi connectivity index (χ3n) is 3.69. The summed E-state index contributed by atoms with van der Waals surface area (Å²) in [7, 11) is 0. The summed E-state index contributed by atoms with van der Waals surface area (Å²) in [5.74, 6) is 0.154. The minimum atomic E-state index is -1.16.